The molecule has 2 N–H and O–H groups in total. The molecule has 1 aromatic heterocycles. The first-order valence-corrected chi connectivity index (χ1v) is 7.40. The molecule has 3 rings (SSSR count). The molecule has 1 atom stereocenters. The number of hydrogen-bond donors (Lipinski definition) is 1. The zero-order chi connectivity index (χ0) is 14.8. The molecule has 0 fully saturated rings. The maximum Gasteiger partial charge on any atom is 0.141 e. The van der Waals surface area contributed by atoms with Crippen LogP contribution in [0.15, 0.2) is 36.5 Å². The van der Waals surface area contributed by atoms with Crippen LogP contribution in [0.4, 0.5) is 10.1 Å². The Hall–Kier alpha value is -1.94. The van der Waals surface area contributed by atoms with Crippen LogP contribution in [0.2, 0.25) is 0 Å². The van der Waals surface area contributed by atoms with Crippen LogP contribution in [0.5, 0.6) is 0 Å². The third kappa shape index (κ3) is 2.76. The molecule has 0 saturated heterocycles. The van der Waals surface area contributed by atoms with Crippen LogP contribution in [0.1, 0.15) is 36.2 Å². The average Bonchev–Trinajstić information content (AvgIpc) is 2.50. The monoisotopic (exact) mass is 285 g/mol. The zero-order valence-corrected chi connectivity index (χ0v) is 12.2. The molecule has 0 amide bonds. The molecule has 1 aromatic carbocycles. The highest BCUT2D eigenvalue weighted by atomic mass is 19.1. The van der Waals surface area contributed by atoms with Gasteiger partial charge in [-0.1, -0.05) is 19.1 Å². The second kappa shape index (κ2) is 5.82. The second-order valence-electron chi connectivity index (χ2n) is 5.53. The van der Waals surface area contributed by atoms with Gasteiger partial charge in [0.1, 0.15) is 5.82 Å². The Balaban J connectivity index is 1.85. The predicted octanol–water partition coefficient (Wildman–Crippen LogP) is 3.31. The van der Waals surface area contributed by atoms with Crippen molar-refractivity contribution in [1.29, 1.82) is 0 Å². The Morgan fingerprint density at radius 3 is 2.90 bits per heavy atom. The number of hydrogen-bond acceptors (Lipinski definition) is 3. The fourth-order valence-electron chi connectivity index (χ4n) is 3.17. The largest absolute Gasteiger partial charge is 0.398 e. The van der Waals surface area contributed by atoms with E-state index in [9.17, 15) is 4.39 Å². The molecule has 0 spiro atoms. The topological polar surface area (TPSA) is 42.2 Å². The number of nitrogens with zero attached hydrogens (tertiary/aromatic N) is 2. The van der Waals surface area contributed by atoms with Crippen LogP contribution in [-0.2, 0) is 13.0 Å². The van der Waals surface area contributed by atoms with Crippen LogP contribution in [0.3, 0.4) is 0 Å². The van der Waals surface area contributed by atoms with E-state index in [0.29, 0.717) is 0 Å². The van der Waals surface area contributed by atoms with Gasteiger partial charge < -0.3 is 5.73 Å². The van der Waals surface area contributed by atoms with Crippen LogP contribution < -0.4 is 5.73 Å². The van der Waals surface area contributed by atoms with Gasteiger partial charge in [-0.25, -0.2) is 4.39 Å². The van der Waals surface area contributed by atoms with Gasteiger partial charge in [0.15, 0.2) is 0 Å². The van der Waals surface area contributed by atoms with E-state index in [1.807, 2.05) is 12.1 Å². The number of fused-ring (bicyclic) bond motifs is 1. The first kappa shape index (κ1) is 14.0. The minimum Gasteiger partial charge on any atom is -0.398 e. The Kier molecular flexibility index (Phi) is 3.88. The van der Waals surface area contributed by atoms with E-state index >= 15 is 0 Å². The molecule has 0 saturated carbocycles. The van der Waals surface area contributed by atoms with E-state index in [1.54, 1.807) is 6.07 Å². The number of nitrogens with two attached hydrogens (primary N) is 1. The molecule has 110 valence electrons. The van der Waals surface area contributed by atoms with Crippen molar-refractivity contribution in [3.8, 4) is 0 Å². The van der Waals surface area contributed by atoms with Gasteiger partial charge in [-0.3, -0.25) is 9.88 Å². The third-order valence-corrected chi connectivity index (χ3v) is 4.25. The Labute approximate surface area is 124 Å². The lowest BCUT2D eigenvalue weighted by atomic mass is 9.95. The molecule has 1 aliphatic rings. The number of nitrogen functional groups attached to an aromatic ring is 1. The number of halogens is 1. The second-order valence-corrected chi connectivity index (χ2v) is 5.53. The van der Waals surface area contributed by atoms with Gasteiger partial charge >= 0.3 is 0 Å². The van der Waals surface area contributed by atoms with Gasteiger partial charge in [0.25, 0.3) is 0 Å². The number of rotatable bonds is 3. The van der Waals surface area contributed by atoms with E-state index in [1.165, 1.54) is 23.4 Å². The van der Waals surface area contributed by atoms with E-state index in [0.717, 1.165) is 37.3 Å². The SMILES string of the molecule is CCC(c1ccc(F)cn1)N1CCc2c(N)cccc2C1. The number of aromatic nitrogens is 1. The summed E-state index contributed by atoms with van der Waals surface area (Å²) in [6.45, 7) is 3.97. The van der Waals surface area contributed by atoms with Gasteiger partial charge in [0.05, 0.1) is 17.9 Å². The lowest BCUT2D eigenvalue weighted by Gasteiger charge is -2.35. The highest BCUT2D eigenvalue weighted by molar-refractivity contribution is 5.51. The molecule has 4 heteroatoms. The van der Waals surface area contributed by atoms with Crippen molar-refractivity contribution in [2.24, 2.45) is 0 Å². The molecular formula is C17H20FN3. The Morgan fingerprint density at radius 1 is 1.33 bits per heavy atom. The van der Waals surface area contributed by atoms with E-state index in [4.69, 9.17) is 5.73 Å². The number of benzene rings is 1. The zero-order valence-electron chi connectivity index (χ0n) is 12.2. The lowest BCUT2D eigenvalue weighted by Crippen LogP contribution is -2.34. The van der Waals surface area contributed by atoms with Gasteiger partial charge in [0.2, 0.25) is 0 Å². The van der Waals surface area contributed by atoms with Crippen LogP contribution >= 0.6 is 0 Å². The highest BCUT2D eigenvalue weighted by Crippen LogP contribution is 2.31. The van der Waals surface area contributed by atoms with E-state index < -0.39 is 0 Å². The maximum absolute atomic E-state index is 13.0. The summed E-state index contributed by atoms with van der Waals surface area (Å²) >= 11 is 0. The number of pyridine rings is 1. The third-order valence-electron chi connectivity index (χ3n) is 4.25. The van der Waals surface area contributed by atoms with Crippen LogP contribution in [0, 0.1) is 5.82 Å². The van der Waals surface area contributed by atoms with Crippen molar-refractivity contribution >= 4 is 5.69 Å². The maximum atomic E-state index is 13.0. The molecule has 2 aromatic rings. The summed E-state index contributed by atoms with van der Waals surface area (Å²) in [5.74, 6) is -0.287. The van der Waals surface area contributed by atoms with Gasteiger partial charge in [0, 0.05) is 18.8 Å². The fraction of sp³-hybridized carbons (Fsp3) is 0.353. The average molecular weight is 285 g/mol. The Bertz CT molecular complexity index is 624. The van der Waals surface area contributed by atoms with Crippen molar-refractivity contribution < 1.29 is 4.39 Å². The van der Waals surface area contributed by atoms with E-state index in [-0.39, 0.29) is 11.9 Å². The summed E-state index contributed by atoms with van der Waals surface area (Å²) in [5.41, 5.74) is 10.4. The predicted molar refractivity (Wildman–Crippen MR) is 82.2 cm³/mol. The Morgan fingerprint density at radius 2 is 2.19 bits per heavy atom. The summed E-state index contributed by atoms with van der Waals surface area (Å²) in [4.78, 5) is 6.66. The first-order valence-electron chi connectivity index (χ1n) is 7.40. The molecule has 3 nitrogen and oxygen atoms in total. The molecule has 21 heavy (non-hydrogen) atoms. The number of anilines is 1. The molecule has 2 heterocycles. The summed E-state index contributed by atoms with van der Waals surface area (Å²) < 4.78 is 13.0. The minimum atomic E-state index is -0.287. The summed E-state index contributed by atoms with van der Waals surface area (Å²) in [6.07, 6.45) is 3.21. The molecule has 0 bridgehead atoms. The van der Waals surface area contributed by atoms with E-state index in [2.05, 4.69) is 22.9 Å². The summed E-state index contributed by atoms with van der Waals surface area (Å²) in [6, 6.07) is 9.62. The normalized spacial score (nSPS) is 16.5. The van der Waals surface area contributed by atoms with Crippen molar-refractivity contribution in [1.82, 2.24) is 9.88 Å². The summed E-state index contributed by atoms with van der Waals surface area (Å²) in [5, 5.41) is 0. The van der Waals surface area contributed by atoms with Crippen LogP contribution in [0.25, 0.3) is 0 Å². The molecule has 1 aliphatic heterocycles. The highest BCUT2D eigenvalue weighted by Gasteiger charge is 2.25. The minimum absolute atomic E-state index is 0.222. The quantitative estimate of drug-likeness (QED) is 0.880. The van der Waals surface area contributed by atoms with Crippen molar-refractivity contribution in [2.75, 3.05) is 12.3 Å². The molecule has 1 unspecified atom stereocenters. The van der Waals surface area contributed by atoms with Crippen molar-refractivity contribution in [2.45, 2.75) is 32.4 Å². The van der Waals surface area contributed by atoms with Crippen LogP contribution in [-0.4, -0.2) is 16.4 Å². The fourth-order valence-corrected chi connectivity index (χ4v) is 3.17. The first-order chi connectivity index (χ1) is 10.2. The van der Waals surface area contributed by atoms with Crippen molar-refractivity contribution in [3.05, 3.63) is 59.2 Å². The summed E-state index contributed by atoms with van der Waals surface area (Å²) in [7, 11) is 0. The van der Waals surface area contributed by atoms with Gasteiger partial charge in [-0.2, -0.15) is 0 Å². The van der Waals surface area contributed by atoms with Crippen molar-refractivity contribution in [3.63, 3.8) is 0 Å². The molecule has 0 aliphatic carbocycles. The van der Waals surface area contributed by atoms with Gasteiger partial charge in [-0.15, -0.1) is 0 Å². The molecule has 0 radical (unpaired) electrons. The smallest absolute Gasteiger partial charge is 0.141 e. The lowest BCUT2D eigenvalue weighted by molar-refractivity contribution is 0.171. The van der Waals surface area contributed by atoms with Gasteiger partial charge in [-0.05, 0) is 42.2 Å². The standard InChI is InChI=1S/C17H20FN3/c1-2-17(16-7-6-13(18)10-20-16)21-9-8-14-12(11-21)4-3-5-15(14)19/h3-7,10,17H,2,8-9,11,19H2,1H3. The molecular weight excluding hydrogens is 265 g/mol.